The lowest BCUT2D eigenvalue weighted by Crippen LogP contribution is -2.34. The quantitative estimate of drug-likeness (QED) is 0.555. The maximum Gasteiger partial charge on any atom is 0.127 e. The van der Waals surface area contributed by atoms with Crippen LogP contribution in [0.15, 0.2) is 33.9 Å². The van der Waals surface area contributed by atoms with Gasteiger partial charge in [-0.25, -0.2) is 0 Å². The molecular formula is C14H19BrClNOSi. The molecule has 0 spiro atoms. The van der Waals surface area contributed by atoms with Crippen molar-refractivity contribution in [2.75, 3.05) is 0 Å². The zero-order valence-corrected chi connectivity index (χ0v) is 14.8. The van der Waals surface area contributed by atoms with Crippen molar-refractivity contribution in [2.45, 2.75) is 43.6 Å². The van der Waals surface area contributed by atoms with E-state index < -0.39 is 8.07 Å². The molecule has 0 N–H and O–H groups in total. The molecule has 1 heterocycles. The molecule has 0 saturated heterocycles. The number of hydrogen-bond acceptors (Lipinski definition) is 2. The van der Waals surface area contributed by atoms with Crippen molar-refractivity contribution in [1.29, 1.82) is 0 Å². The molecule has 1 aliphatic rings. The third-order valence-corrected chi connectivity index (χ3v) is 5.64. The normalized spacial score (nSPS) is 23.7. The smallest absolute Gasteiger partial charge is 0.127 e. The van der Waals surface area contributed by atoms with Gasteiger partial charge in [-0.2, -0.15) is 0 Å². The Balaban J connectivity index is 2.10. The molecule has 0 amide bonds. The second-order valence-corrected chi connectivity index (χ2v) is 13.2. The third-order valence-electron chi connectivity index (χ3n) is 3.05. The van der Waals surface area contributed by atoms with Gasteiger partial charge in [-0.15, -0.1) is 11.6 Å². The molecule has 0 unspecified atom stereocenters. The summed E-state index contributed by atoms with van der Waals surface area (Å²) in [6.45, 7) is 7.02. The highest BCUT2D eigenvalue weighted by atomic mass is 79.9. The fourth-order valence-electron chi connectivity index (χ4n) is 2.23. The Bertz CT molecular complexity index is 469. The van der Waals surface area contributed by atoms with E-state index in [1.165, 1.54) is 0 Å². The molecule has 2 atom stereocenters. The number of nitrogens with zero attached hydrogens (tertiary/aromatic N) is 1. The monoisotopic (exact) mass is 359 g/mol. The van der Waals surface area contributed by atoms with Crippen molar-refractivity contribution >= 4 is 41.3 Å². The molecule has 1 aliphatic heterocycles. The largest absolute Gasteiger partial charge is 0.392 e. The van der Waals surface area contributed by atoms with E-state index in [9.17, 15) is 0 Å². The lowest BCUT2D eigenvalue weighted by molar-refractivity contribution is 0.0573. The molecule has 1 aromatic carbocycles. The Hall–Kier alpha value is -0.323. The van der Waals surface area contributed by atoms with Crippen LogP contribution in [-0.4, -0.2) is 25.3 Å². The van der Waals surface area contributed by atoms with E-state index in [0.717, 1.165) is 28.2 Å². The van der Waals surface area contributed by atoms with Gasteiger partial charge in [0.15, 0.2) is 0 Å². The van der Waals surface area contributed by atoms with E-state index in [-0.39, 0.29) is 11.5 Å². The predicted octanol–water partition coefficient (Wildman–Crippen LogP) is 4.89. The molecule has 19 heavy (non-hydrogen) atoms. The van der Waals surface area contributed by atoms with Gasteiger partial charge in [-0.05, 0) is 18.2 Å². The molecule has 2 rings (SSSR count). The molecule has 0 fully saturated rings. The van der Waals surface area contributed by atoms with Gasteiger partial charge in [0.25, 0.3) is 0 Å². The van der Waals surface area contributed by atoms with Crippen molar-refractivity contribution in [3.05, 3.63) is 34.3 Å². The van der Waals surface area contributed by atoms with E-state index in [2.05, 4.69) is 40.7 Å². The summed E-state index contributed by atoms with van der Waals surface area (Å²) in [6.07, 6.45) is 1.02. The number of rotatable bonds is 3. The van der Waals surface area contributed by atoms with Crippen molar-refractivity contribution in [2.24, 2.45) is 5.16 Å². The van der Waals surface area contributed by atoms with Crippen LogP contribution in [0, 0.1) is 0 Å². The summed E-state index contributed by atoms with van der Waals surface area (Å²) in [5.74, 6) is 0. The molecule has 0 saturated carbocycles. The first-order valence-electron chi connectivity index (χ1n) is 6.49. The Kier molecular flexibility index (Phi) is 4.74. The van der Waals surface area contributed by atoms with Crippen molar-refractivity contribution in [3.8, 4) is 0 Å². The van der Waals surface area contributed by atoms with Gasteiger partial charge in [0.05, 0.1) is 5.38 Å². The minimum atomic E-state index is -1.14. The first-order chi connectivity index (χ1) is 8.85. The number of benzene rings is 1. The van der Waals surface area contributed by atoms with E-state index in [1.54, 1.807) is 0 Å². The van der Waals surface area contributed by atoms with Gasteiger partial charge in [0, 0.05) is 24.5 Å². The zero-order chi connectivity index (χ0) is 14.0. The van der Waals surface area contributed by atoms with Gasteiger partial charge in [-0.1, -0.05) is 52.9 Å². The van der Waals surface area contributed by atoms with Gasteiger partial charge in [0.1, 0.15) is 11.8 Å². The summed E-state index contributed by atoms with van der Waals surface area (Å²) in [5, 5.41) is 4.21. The molecule has 0 bridgehead atoms. The minimum Gasteiger partial charge on any atom is -0.392 e. The number of halogens is 2. The van der Waals surface area contributed by atoms with Gasteiger partial charge in [-0.3, -0.25) is 0 Å². The first-order valence-corrected chi connectivity index (χ1v) is 11.4. The topological polar surface area (TPSA) is 21.6 Å². The number of oxime groups is 1. The van der Waals surface area contributed by atoms with Crippen LogP contribution in [0.4, 0.5) is 0 Å². The molecular weight excluding hydrogens is 342 g/mol. The molecule has 2 nitrogen and oxygen atoms in total. The highest BCUT2D eigenvalue weighted by molar-refractivity contribution is 9.10. The van der Waals surface area contributed by atoms with Gasteiger partial charge >= 0.3 is 0 Å². The summed E-state index contributed by atoms with van der Waals surface area (Å²) in [6, 6.07) is 9.12. The van der Waals surface area contributed by atoms with Gasteiger partial charge in [0.2, 0.25) is 0 Å². The molecule has 0 radical (unpaired) electrons. The SMILES string of the molecule is C[Si](C)(C)C[C@H]1C[C@H](Cl)C(c2ccc(Br)cc2)=NO1. The van der Waals surface area contributed by atoms with Crippen LogP contribution in [0.5, 0.6) is 0 Å². The molecule has 104 valence electrons. The summed E-state index contributed by atoms with van der Waals surface area (Å²) in [4.78, 5) is 5.65. The summed E-state index contributed by atoms with van der Waals surface area (Å²) in [7, 11) is -1.14. The van der Waals surface area contributed by atoms with E-state index in [0.29, 0.717) is 0 Å². The highest BCUT2D eigenvalue weighted by Gasteiger charge is 2.30. The van der Waals surface area contributed by atoms with E-state index in [4.69, 9.17) is 16.4 Å². The number of alkyl halides is 1. The lowest BCUT2D eigenvalue weighted by Gasteiger charge is -2.28. The average molecular weight is 361 g/mol. The second-order valence-electron chi connectivity index (χ2n) is 6.18. The molecule has 0 aromatic heterocycles. The van der Waals surface area contributed by atoms with Crippen LogP contribution in [0.25, 0.3) is 0 Å². The predicted molar refractivity (Wildman–Crippen MR) is 88.0 cm³/mol. The molecule has 5 heteroatoms. The van der Waals surface area contributed by atoms with Crippen LogP contribution in [-0.2, 0) is 4.84 Å². The number of hydrogen-bond donors (Lipinski definition) is 0. The van der Waals surface area contributed by atoms with Crippen LogP contribution >= 0.6 is 27.5 Å². The third kappa shape index (κ3) is 4.33. The van der Waals surface area contributed by atoms with E-state index in [1.807, 2.05) is 24.3 Å². The summed E-state index contributed by atoms with van der Waals surface area (Å²) < 4.78 is 1.05. The first kappa shape index (κ1) is 15.1. The summed E-state index contributed by atoms with van der Waals surface area (Å²) >= 11 is 9.90. The zero-order valence-electron chi connectivity index (χ0n) is 11.5. The standard InChI is InChI=1S/C14H19BrClNOSi/c1-19(2,3)9-12-8-13(16)14(17-18-12)10-4-6-11(15)7-5-10/h4-7,12-13H,8-9H2,1-3H3/t12-,13+/m1/s1. The second kappa shape index (κ2) is 5.98. The Morgan fingerprint density at radius 3 is 2.47 bits per heavy atom. The highest BCUT2D eigenvalue weighted by Crippen LogP contribution is 2.27. The van der Waals surface area contributed by atoms with Crippen LogP contribution in [0.1, 0.15) is 12.0 Å². The maximum atomic E-state index is 6.47. The van der Waals surface area contributed by atoms with Crippen molar-refractivity contribution in [1.82, 2.24) is 0 Å². The maximum absolute atomic E-state index is 6.47. The average Bonchev–Trinajstić information content (AvgIpc) is 2.29. The van der Waals surface area contributed by atoms with Crippen LogP contribution in [0.2, 0.25) is 25.7 Å². The van der Waals surface area contributed by atoms with Crippen LogP contribution < -0.4 is 0 Å². The van der Waals surface area contributed by atoms with E-state index >= 15 is 0 Å². The van der Waals surface area contributed by atoms with Crippen LogP contribution in [0.3, 0.4) is 0 Å². The fourth-order valence-corrected chi connectivity index (χ4v) is 4.47. The lowest BCUT2D eigenvalue weighted by atomic mass is 10.0. The minimum absolute atomic E-state index is 0.0590. The van der Waals surface area contributed by atoms with Crippen molar-refractivity contribution in [3.63, 3.8) is 0 Å². The molecule has 0 aliphatic carbocycles. The Morgan fingerprint density at radius 2 is 1.95 bits per heavy atom. The van der Waals surface area contributed by atoms with Gasteiger partial charge < -0.3 is 4.84 Å². The Morgan fingerprint density at radius 1 is 1.32 bits per heavy atom. The molecule has 1 aromatic rings. The van der Waals surface area contributed by atoms with Crippen molar-refractivity contribution < 1.29 is 4.84 Å². The summed E-state index contributed by atoms with van der Waals surface area (Å²) in [5.41, 5.74) is 1.88. The fraction of sp³-hybridized carbons (Fsp3) is 0.500. The Labute approximate surface area is 129 Å².